The Morgan fingerprint density at radius 2 is 1.97 bits per heavy atom. The maximum Gasteiger partial charge on any atom is 0.227 e. The van der Waals surface area contributed by atoms with Gasteiger partial charge in [0.05, 0.1) is 24.4 Å². The molecular formula is C24H28N8O2. The van der Waals surface area contributed by atoms with E-state index in [0.29, 0.717) is 11.7 Å². The van der Waals surface area contributed by atoms with Gasteiger partial charge in [0.1, 0.15) is 17.6 Å². The van der Waals surface area contributed by atoms with Crippen LogP contribution in [0.1, 0.15) is 19.5 Å². The van der Waals surface area contributed by atoms with Gasteiger partial charge in [-0.3, -0.25) is 0 Å². The zero-order valence-electron chi connectivity index (χ0n) is 20.2. The summed E-state index contributed by atoms with van der Waals surface area (Å²) in [5.74, 6) is 2.71. The van der Waals surface area contributed by atoms with E-state index in [1.807, 2.05) is 49.0 Å². The standard InChI is InChI=1S/C24H28N8O2/c1-14-9-16-11-25-23(29-20(16)22(27-14)32-12-19(34-6)24(32,2)3)28-17-8-7-15(10-18(17)33-5)21-30-26-13-31(21)4/h7-11,13,19H,12H2,1-6H3,(H,25,28,29). The van der Waals surface area contributed by atoms with Gasteiger partial charge in [-0.15, -0.1) is 10.2 Å². The molecule has 0 amide bonds. The SMILES string of the molecule is COc1cc(-c2nncn2C)ccc1Nc1ncc2cc(C)nc(N3CC(OC)C3(C)C)c2n1. The van der Waals surface area contributed by atoms with Crippen molar-refractivity contribution < 1.29 is 9.47 Å². The highest BCUT2D eigenvalue weighted by Crippen LogP contribution is 2.39. The molecule has 176 valence electrons. The first-order valence-electron chi connectivity index (χ1n) is 11.1. The first kappa shape index (κ1) is 22.0. The van der Waals surface area contributed by atoms with Crippen LogP contribution in [0.4, 0.5) is 17.5 Å². The Balaban J connectivity index is 1.51. The van der Waals surface area contributed by atoms with Crippen molar-refractivity contribution in [2.75, 3.05) is 31.0 Å². The second kappa shape index (κ2) is 8.21. The summed E-state index contributed by atoms with van der Waals surface area (Å²) in [5.41, 5.74) is 3.18. The minimum absolute atomic E-state index is 0.140. The molecule has 1 aromatic carbocycles. The molecule has 0 spiro atoms. The number of benzene rings is 1. The van der Waals surface area contributed by atoms with Gasteiger partial charge in [0.25, 0.3) is 0 Å². The van der Waals surface area contributed by atoms with E-state index < -0.39 is 0 Å². The Kier molecular flexibility index (Phi) is 5.32. The van der Waals surface area contributed by atoms with Crippen LogP contribution in [0.15, 0.2) is 36.8 Å². The lowest BCUT2D eigenvalue weighted by Crippen LogP contribution is -2.68. The van der Waals surface area contributed by atoms with Crippen LogP contribution < -0.4 is 15.0 Å². The van der Waals surface area contributed by atoms with Crippen LogP contribution in [-0.4, -0.2) is 62.1 Å². The highest BCUT2D eigenvalue weighted by atomic mass is 16.5. The van der Waals surface area contributed by atoms with Crippen molar-refractivity contribution in [3.05, 3.63) is 42.5 Å². The van der Waals surface area contributed by atoms with Crippen molar-refractivity contribution in [1.82, 2.24) is 29.7 Å². The van der Waals surface area contributed by atoms with E-state index in [-0.39, 0.29) is 11.6 Å². The predicted molar refractivity (Wildman–Crippen MR) is 131 cm³/mol. The van der Waals surface area contributed by atoms with E-state index in [1.165, 1.54) is 0 Å². The van der Waals surface area contributed by atoms with Gasteiger partial charge in [0, 0.05) is 43.5 Å². The van der Waals surface area contributed by atoms with Crippen molar-refractivity contribution in [1.29, 1.82) is 0 Å². The highest BCUT2D eigenvalue weighted by molar-refractivity contribution is 5.90. The quantitative estimate of drug-likeness (QED) is 0.463. The maximum absolute atomic E-state index is 5.63. The summed E-state index contributed by atoms with van der Waals surface area (Å²) >= 11 is 0. The molecule has 4 aromatic rings. The lowest BCUT2D eigenvalue weighted by molar-refractivity contribution is 0.000260. The van der Waals surface area contributed by atoms with Crippen LogP contribution in [0.2, 0.25) is 0 Å². The van der Waals surface area contributed by atoms with Gasteiger partial charge in [-0.25, -0.2) is 15.0 Å². The van der Waals surface area contributed by atoms with E-state index in [0.717, 1.165) is 46.0 Å². The Labute approximate surface area is 198 Å². The van der Waals surface area contributed by atoms with E-state index in [4.69, 9.17) is 19.4 Å². The molecule has 3 aromatic heterocycles. The molecule has 0 aliphatic carbocycles. The molecule has 10 nitrogen and oxygen atoms in total. The second-order valence-corrected chi connectivity index (χ2v) is 9.01. The number of anilines is 3. The summed E-state index contributed by atoms with van der Waals surface area (Å²) in [6.45, 7) is 7.06. The van der Waals surface area contributed by atoms with E-state index in [1.54, 1.807) is 20.5 Å². The van der Waals surface area contributed by atoms with Gasteiger partial charge in [-0.1, -0.05) is 0 Å². The molecule has 10 heteroatoms. The number of ether oxygens (including phenoxy) is 2. The third-order valence-corrected chi connectivity index (χ3v) is 6.47. The number of methoxy groups -OCH3 is 2. The van der Waals surface area contributed by atoms with Crippen LogP contribution in [0.25, 0.3) is 22.3 Å². The van der Waals surface area contributed by atoms with Crippen molar-refractivity contribution in [3.8, 4) is 17.1 Å². The topological polar surface area (TPSA) is 103 Å². The molecule has 1 atom stereocenters. The number of aromatic nitrogens is 6. The van der Waals surface area contributed by atoms with E-state index in [2.05, 4.69) is 39.2 Å². The van der Waals surface area contributed by atoms with Crippen LogP contribution in [0, 0.1) is 6.92 Å². The van der Waals surface area contributed by atoms with Crippen molar-refractivity contribution in [3.63, 3.8) is 0 Å². The van der Waals surface area contributed by atoms with E-state index in [9.17, 15) is 0 Å². The molecule has 0 bridgehead atoms. The maximum atomic E-state index is 5.63. The van der Waals surface area contributed by atoms with Crippen molar-refractivity contribution in [2.45, 2.75) is 32.4 Å². The smallest absolute Gasteiger partial charge is 0.227 e. The van der Waals surface area contributed by atoms with Gasteiger partial charge in [0.15, 0.2) is 11.6 Å². The number of nitrogens with zero attached hydrogens (tertiary/aromatic N) is 7. The summed E-state index contributed by atoms with van der Waals surface area (Å²) in [6, 6.07) is 7.79. The number of aryl methyl sites for hydroxylation is 2. The molecule has 1 aliphatic rings. The predicted octanol–water partition coefficient (Wildman–Crippen LogP) is 3.49. The summed E-state index contributed by atoms with van der Waals surface area (Å²) in [7, 11) is 5.28. The average Bonchev–Trinajstić information content (AvgIpc) is 3.25. The van der Waals surface area contributed by atoms with Crippen molar-refractivity contribution >= 4 is 28.4 Å². The lowest BCUT2D eigenvalue weighted by Gasteiger charge is -2.54. The third kappa shape index (κ3) is 3.60. The van der Waals surface area contributed by atoms with Crippen LogP contribution in [-0.2, 0) is 11.8 Å². The fourth-order valence-corrected chi connectivity index (χ4v) is 4.41. The molecule has 4 heterocycles. The lowest BCUT2D eigenvalue weighted by atomic mass is 9.85. The first-order chi connectivity index (χ1) is 16.3. The minimum Gasteiger partial charge on any atom is -0.495 e. The number of hydrogen-bond donors (Lipinski definition) is 1. The van der Waals surface area contributed by atoms with Crippen molar-refractivity contribution in [2.24, 2.45) is 7.05 Å². The Bertz CT molecular complexity index is 1370. The highest BCUT2D eigenvalue weighted by Gasteiger charge is 2.48. The molecular weight excluding hydrogens is 432 g/mol. The van der Waals surface area contributed by atoms with Gasteiger partial charge in [-0.05, 0) is 45.0 Å². The third-order valence-electron chi connectivity index (χ3n) is 6.47. The number of pyridine rings is 1. The summed E-state index contributed by atoms with van der Waals surface area (Å²) in [6.07, 6.45) is 3.63. The average molecular weight is 461 g/mol. The first-order valence-corrected chi connectivity index (χ1v) is 11.1. The Morgan fingerprint density at radius 1 is 1.15 bits per heavy atom. The van der Waals surface area contributed by atoms with Gasteiger partial charge < -0.3 is 24.3 Å². The minimum atomic E-state index is -0.181. The molecule has 1 N–H and O–H groups in total. The Morgan fingerprint density at radius 3 is 2.65 bits per heavy atom. The molecule has 34 heavy (non-hydrogen) atoms. The molecule has 0 saturated carbocycles. The molecule has 5 rings (SSSR count). The zero-order chi connectivity index (χ0) is 24.0. The fraction of sp³-hybridized carbons (Fsp3) is 0.375. The molecule has 1 fully saturated rings. The van der Waals surface area contributed by atoms with Crippen LogP contribution in [0.5, 0.6) is 5.75 Å². The number of hydrogen-bond acceptors (Lipinski definition) is 9. The summed E-state index contributed by atoms with van der Waals surface area (Å²) < 4.78 is 13.1. The molecule has 1 unspecified atom stereocenters. The number of fused-ring (bicyclic) bond motifs is 1. The Hall–Kier alpha value is -3.79. The normalized spacial score (nSPS) is 17.0. The van der Waals surface area contributed by atoms with Gasteiger partial charge >= 0.3 is 0 Å². The van der Waals surface area contributed by atoms with E-state index >= 15 is 0 Å². The monoisotopic (exact) mass is 460 g/mol. The molecule has 1 saturated heterocycles. The summed E-state index contributed by atoms with van der Waals surface area (Å²) in [5, 5.41) is 12.4. The molecule has 1 aliphatic heterocycles. The van der Waals surface area contributed by atoms with Crippen LogP contribution >= 0.6 is 0 Å². The largest absolute Gasteiger partial charge is 0.495 e. The van der Waals surface area contributed by atoms with Gasteiger partial charge in [0.2, 0.25) is 5.95 Å². The van der Waals surface area contributed by atoms with Gasteiger partial charge in [-0.2, -0.15) is 0 Å². The second-order valence-electron chi connectivity index (χ2n) is 9.01. The van der Waals surface area contributed by atoms with Crippen LogP contribution in [0.3, 0.4) is 0 Å². The molecule has 0 radical (unpaired) electrons. The number of nitrogens with one attached hydrogen (secondary N) is 1. The summed E-state index contributed by atoms with van der Waals surface area (Å²) in [4.78, 5) is 16.5. The zero-order valence-corrected chi connectivity index (χ0v) is 20.2. The number of rotatable bonds is 6. The fourth-order valence-electron chi connectivity index (χ4n) is 4.41.